The van der Waals surface area contributed by atoms with Gasteiger partial charge in [0.2, 0.25) is 0 Å². The highest BCUT2D eigenvalue weighted by molar-refractivity contribution is 5.76. The largest absolute Gasteiger partial charge is 0.468 e. The number of carbonyl (C=O) groups excluding carboxylic acids is 1. The summed E-state index contributed by atoms with van der Waals surface area (Å²) in [6.07, 6.45) is 1.14. The molecule has 0 spiro atoms. The summed E-state index contributed by atoms with van der Waals surface area (Å²) in [5, 5.41) is 3.32. The zero-order valence-electron chi connectivity index (χ0n) is 9.95. The van der Waals surface area contributed by atoms with Crippen LogP contribution >= 0.6 is 0 Å². The lowest BCUT2D eigenvalue weighted by molar-refractivity contribution is -0.144. The highest BCUT2D eigenvalue weighted by Gasteiger charge is 2.31. The maximum atomic E-state index is 11.5. The Kier molecular flexibility index (Phi) is 4.54. The van der Waals surface area contributed by atoms with Crippen LogP contribution in [0.3, 0.4) is 0 Å². The van der Waals surface area contributed by atoms with E-state index in [2.05, 4.69) is 5.32 Å². The van der Waals surface area contributed by atoms with Crippen LogP contribution in [0, 0.1) is 5.92 Å². The third-order valence-electron chi connectivity index (χ3n) is 2.89. The SMILES string of the molecule is COC(=O)C(NC1CCOC1C)C(C)C. The molecule has 3 unspecified atom stereocenters. The van der Waals surface area contributed by atoms with Gasteiger partial charge in [-0.25, -0.2) is 0 Å². The molecule has 1 saturated heterocycles. The molecule has 1 heterocycles. The van der Waals surface area contributed by atoms with E-state index in [1.807, 2.05) is 20.8 Å². The third kappa shape index (κ3) is 3.18. The van der Waals surface area contributed by atoms with Crippen molar-refractivity contribution in [3.63, 3.8) is 0 Å². The summed E-state index contributed by atoms with van der Waals surface area (Å²) in [6.45, 7) is 6.81. The predicted octanol–water partition coefficient (Wildman–Crippen LogP) is 0.951. The third-order valence-corrected chi connectivity index (χ3v) is 2.89. The van der Waals surface area contributed by atoms with Crippen LogP contribution in [0.2, 0.25) is 0 Å². The number of hydrogen-bond acceptors (Lipinski definition) is 4. The van der Waals surface area contributed by atoms with E-state index in [-0.39, 0.29) is 30.1 Å². The van der Waals surface area contributed by atoms with E-state index in [1.54, 1.807) is 0 Å². The first kappa shape index (κ1) is 12.5. The van der Waals surface area contributed by atoms with Crippen LogP contribution in [0.1, 0.15) is 27.2 Å². The van der Waals surface area contributed by atoms with Crippen molar-refractivity contribution in [2.24, 2.45) is 5.92 Å². The van der Waals surface area contributed by atoms with Gasteiger partial charge in [0.15, 0.2) is 0 Å². The Morgan fingerprint density at radius 3 is 2.60 bits per heavy atom. The van der Waals surface area contributed by atoms with Gasteiger partial charge in [0.1, 0.15) is 6.04 Å². The minimum Gasteiger partial charge on any atom is -0.468 e. The molecule has 1 rings (SSSR count). The van der Waals surface area contributed by atoms with Gasteiger partial charge in [-0.15, -0.1) is 0 Å². The number of esters is 1. The Hall–Kier alpha value is -0.610. The Balaban J connectivity index is 2.54. The van der Waals surface area contributed by atoms with Crippen molar-refractivity contribution in [1.82, 2.24) is 5.32 Å². The lowest BCUT2D eigenvalue weighted by Gasteiger charge is -2.25. The topological polar surface area (TPSA) is 47.6 Å². The van der Waals surface area contributed by atoms with E-state index in [0.29, 0.717) is 0 Å². The van der Waals surface area contributed by atoms with Crippen LogP contribution in [0.5, 0.6) is 0 Å². The lowest BCUT2D eigenvalue weighted by Crippen LogP contribution is -2.49. The second-order valence-electron chi connectivity index (χ2n) is 4.38. The maximum absolute atomic E-state index is 11.5. The summed E-state index contributed by atoms with van der Waals surface area (Å²) in [5.41, 5.74) is 0. The molecule has 0 aromatic rings. The van der Waals surface area contributed by atoms with E-state index >= 15 is 0 Å². The van der Waals surface area contributed by atoms with Crippen LogP contribution in [0.15, 0.2) is 0 Å². The van der Waals surface area contributed by atoms with Crippen LogP contribution in [-0.2, 0) is 14.3 Å². The van der Waals surface area contributed by atoms with Crippen molar-refractivity contribution in [3.8, 4) is 0 Å². The minimum atomic E-state index is -0.232. The van der Waals surface area contributed by atoms with Gasteiger partial charge in [0, 0.05) is 12.6 Å². The van der Waals surface area contributed by atoms with E-state index in [0.717, 1.165) is 13.0 Å². The summed E-state index contributed by atoms with van der Waals surface area (Å²) in [6, 6.07) is 0.0284. The van der Waals surface area contributed by atoms with Gasteiger partial charge in [-0.1, -0.05) is 13.8 Å². The molecule has 4 nitrogen and oxygen atoms in total. The summed E-state index contributed by atoms with van der Waals surface area (Å²) >= 11 is 0. The van der Waals surface area contributed by atoms with Crippen LogP contribution in [0.4, 0.5) is 0 Å². The molecule has 0 aromatic heterocycles. The smallest absolute Gasteiger partial charge is 0.323 e. The highest BCUT2D eigenvalue weighted by atomic mass is 16.5. The fourth-order valence-corrected chi connectivity index (χ4v) is 1.84. The monoisotopic (exact) mass is 215 g/mol. The molecule has 4 heteroatoms. The molecule has 1 aliphatic heterocycles. The second-order valence-corrected chi connectivity index (χ2v) is 4.38. The first-order valence-electron chi connectivity index (χ1n) is 5.51. The molecule has 0 amide bonds. The molecule has 0 bridgehead atoms. The number of hydrogen-bond donors (Lipinski definition) is 1. The molecule has 1 N–H and O–H groups in total. The second kappa shape index (κ2) is 5.47. The van der Waals surface area contributed by atoms with Crippen molar-refractivity contribution < 1.29 is 14.3 Å². The average Bonchev–Trinajstić information content (AvgIpc) is 2.59. The number of methoxy groups -OCH3 is 1. The Morgan fingerprint density at radius 1 is 1.53 bits per heavy atom. The van der Waals surface area contributed by atoms with Gasteiger partial charge in [0.25, 0.3) is 0 Å². The predicted molar refractivity (Wildman–Crippen MR) is 57.6 cm³/mol. The number of nitrogens with one attached hydrogen (secondary N) is 1. The van der Waals surface area contributed by atoms with Gasteiger partial charge < -0.3 is 9.47 Å². The zero-order chi connectivity index (χ0) is 11.4. The summed E-state index contributed by atoms with van der Waals surface area (Å²) in [7, 11) is 1.42. The van der Waals surface area contributed by atoms with Gasteiger partial charge in [-0.2, -0.15) is 0 Å². The van der Waals surface area contributed by atoms with E-state index in [9.17, 15) is 4.79 Å². The van der Waals surface area contributed by atoms with E-state index in [1.165, 1.54) is 7.11 Å². The fraction of sp³-hybridized carbons (Fsp3) is 0.909. The van der Waals surface area contributed by atoms with Crippen molar-refractivity contribution in [1.29, 1.82) is 0 Å². The van der Waals surface area contributed by atoms with Gasteiger partial charge in [0.05, 0.1) is 13.2 Å². The zero-order valence-corrected chi connectivity index (χ0v) is 9.95. The molecule has 0 aliphatic carbocycles. The van der Waals surface area contributed by atoms with Gasteiger partial charge in [-0.05, 0) is 19.3 Å². The summed E-state index contributed by atoms with van der Waals surface area (Å²) in [4.78, 5) is 11.5. The number of ether oxygens (including phenoxy) is 2. The fourth-order valence-electron chi connectivity index (χ4n) is 1.84. The maximum Gasteiger partial charge on any atom is 0.323 e. The first-order chi connectivity index (χ1) is 7.06. The molecule has 3 atom stereocenters. The Morgan fingerprint density at radius 2 is 2.20 bits per heavy atom. The molecule has 0 aromatic carbocycles. The Labute approximate surface area is 91.3 Å². The van der Waals surface area contributed by atoms with E-state index in [4.69, 9.17) is 9.47 Å². The van der Waals surface area contributed by atoms with Gasteiger partial charge >= 0.3 is 5.97 Å². The molecule has 88 valence electrons. The van der Waals surface area contributed by atoms with Crippen molar-refractivity contribution >= 4 is 5.97 Å². The van der Waals surface area contributed by atoms with Crippen LogP contribution in [0.25, 0.3) is 0 Å². The lowest BCUT2D eigenvalue weighted by atomic mass is 10.0. The standard InChI is InChI=1S/C11H21NO3/c1-7(2)10(11(13)14-4)12-9-5-6-15-8(9)3/h7-10,12H,5-6H2,1-4H3. The van der Waals surface area contributed by atoms with Crippen LogP contribution in [-0.4, -0.2) is 37.9 Å². The molecule has 0 radical (unpaired) electrons. The molecular weight excluding hydrogens is 194 g/mol. The molecule has 1 fully saturated rings. The highest BCUT2D eigenvalue weighted by Crippen LogP contribution is 2.15. The van der Waals surface area contributed by atoms with E-state index < -0.39 is 0 Å². The summed E-state index contributed by atoms with van der Waals surface area (Å²) in [5.74, 6) is 0.0364. The van der Waals surface area contributed by atoms with Crippen LogP contribution < -0.4 is 5.32 Å². The van der Waals surface area contributed by atoms with Crippen molar-refractivity contribution in [3.05, 3.63) is 0 Å². The average molecular weight is 215 g/mol. The first-order valence-corrected chi connectivity index (χ1v) is 5.51. The Bertz CT molecular complexity index is 218. The normalized spacial score (nSPS) is 28.1. The molecule has 0 saturated carbocycles. The van der Waals surface area contributed by atoms with Crippen molar-refractivity contribution in [2.75, 3.05) is 13.7 Å². The summed E-state index contributed by atoms with van der Waals surface area (Å²) < 4.78 is 10.2. The number of carbonyl (C=O) groups is 1. The van der Waals surface area contributed by atoms with Gasteiger partial charge in [-0.3, -0.25) is 10.1 Å². The number of rotatable bonds is 4. The van der Waals surface area contributed by atoms with Crippen molar-refractivity contribution in [2.45, 2.75) is 45.4 Å². The molecule has 15 heavy (non-hydrogen) atoms. The molecule has 1 aliphatic rings. The quantitative estimate of drug-likeness (QED) is 0.709. The minimum absolute atomic E-state index is 0.177. The molecular formula is C11H21NO3.